The van der Waals surface area contributed by atoms with Crippen LogP contribution in [0.2, 0.25) is 5.02 Å². The Morgan fingerprint density at radius 2 is 2.19 bits per heavy atom. The predicted octanol–water partition coefficient (Wildman–Crippen LogP) is 2.55. The summed E-state index contributed by atoms with van der Waals surface area (Å²) in [7, 11) is 0. The van der Waals surface area contributed by atoms with E-state index in [-0.39, 0.29) is 6.61 Å². The number of nitriles is 1. The third-order valence-electron chi connectivity index (χ3n) is 3.48. The number of benzene rings is 1. The van der Waals surface area contributed by atoms with Gasteiger partial charge < -0.3 is 15.7 Å². The quantitative estimate of drug-likeness (QED) is 0.586. The number of hydrogen-bond donors (Lipinski definition) is 3. The van der Waals surface area contributed by atoms with E-state index in [4.69, 9.17) is 22.0 Å². The lowest BCUT2D eigenvalue weighted by atomic mass is 10.1. The number of nitrogens with one attached hydrogen (secondary N) is 2. The molecule has 3 aromatic rings. The third-order valence-corrected chi connectivity index (χ3v) is 3.76. The maximum atomic E-state index is 8.96. The predicted molar refractivity (Wildman–Crippen MR) is 98.1 cm³/mol. The highest BCUT2D eigenvalue weighted by molar-refractivity contribution is 6.32. The number of rotatable bonds is 7. The SMILES string of the molecule is N#Cc1cccc(CNc2nc(Nc3cnn(CCO)c3)ncc2Cl)c1. The van der Waals surface area contributed by atoms with Crippen molar-refractivity contribution >= 4 is 29.1 Å². The van der Waals surface area contributed by atoms with Crippen LogP contribution in [0.15, 0.2) is 42.9 Å². The van der Waals surface area contributed by atoms with E-state index in [9.17, 15) is 0 Å². The Kier molecular flexibility index (Phi) is 5.63. The van der Waals surface area contributed by atoms with Crippen molar-refractivity contribution in [1.82, 2.24) is 19.7 Å². The summed E-state index contributed by atoms with van der Waals surface area (Å²) in [6, 6.07) is 9.41. The van der Waals surface area contributed by atoms with Gasteiger partial charge in [0.1, 0.15) is 5.02 Å². The van der Waals surface area contributed by atoms with Crippen LogP contribution in [-0.2, 0) is 13.1 Å². The van der Waals surface area contributed by atoms with Gasteiger partial charge in [-0.3, -0.25) is 4.68 Å². The van der Waals surface area contributed by atoms with Gasteiger partial charge in [0.15, 0.2) is 5.82 Å². The second-order valence-corrected chi connectivity index (χ2v) is 5.80. The first-order chi connectivity index (χ1) is 12.7. The van der Waals surface area contributed by atoms with E-state index >= 15 is 0 Å². The number of aliphatic hydroxyl groups is 1. The molecule has 132 valence electrons. The number of hydrogen-bond acceptors (Lipinski definition) is 7. The van der Waals surface area contributed by atoms with Crippen LogP contribution in [0, 0.1) is 11.3 Å². The van der Waals surface area contributed by atoms with Crippen molar-refractivity contribution in [3.05, 3.63) is 59.0 Å². The summed E-state index contributed by atoms with van der Waals surface area (Å²) < 4.78 is 1.61. The zero-order valence-corrected chi connectivity index (χ0v) is 14.5. The van der Waals surface area contributed by atoms with E-state index in [1.54, 1.807) is 29.2 Å². The summed E-state index contributed by atoms with van der Waals surface area (Å²) in [6.07, 6.45) is 4.87. The van der Waals surface area contributed by atoms with Gasteiger partial charge in [0.05, 0.1) is 42.9 Å². The molecule has 0 saturated carbocycles. The second-order valence-electron chi connectivity index (χ2n) is 5.40. The fourth-order valence-electron chi connectivity index (χ4n) is 2.27. The molecule has 0 bridgehead atoms. The minimum atomic E-state index is 0.0135. The van der Waals surface area contributed by atoms with E-state index in [0.717, 1.165) is 5.56 Å². The van der Waals surface area contributed by atoms with Crippen LogP contribution in [0.25, 0.3) is 0 Å². The summed E-state index contributed by atoms with van der Waals surface area (Å²) in [4.78, 5) is 8.51. The first kappa shape index (κ1) is 17.7. The molecule has 0 fully saturated rings. The van der Waals surface area contributed by atoms with Crippen molar-refractivity contribution in [2.24, 2.45) is 0 Å². The molecule has 0 radical (unpaired) electrons. The van der Waals surface area contributed by atoms with Crippen molar-refractivity contribution in [3.63, 3.8) is 0 Å². The fourth-order valence-corrected chi connectivity index (χ4v) is 2.43. The van der Waals surface area contributed by atoms with Gasteiger partial charge in [-0.1, -0.05) is 23.7 Å². The average molecular weight is 370 g/mol. The highest BCUT2D eigenvalue weighted by atomic mass is 35.5. The number of nitrogens with zero attached hydrogens (tertiary/aromatic N) is 5. The Labute approximate surface area is 155 Å². The standard InChI is InChI=1S/C17H16ClN7O/c18-15-10-21-17(23-14-9-22-25(11-14)4-5-26)24-16(15)20-8-13-3-1-2-12(6-13)7-19/h1-3,6,9-11,26H,4-5,8H2,(H2,20,21,23,24). The molecule has 0 aliphatic rings. The zero-order chi connectivity index (χ0) is 18.4. The van der Waals surface area contributed by atoms with Crippen LogP contribution in [0.3, 0.4) is 0 Å². The molecule has 1 aromatic carbocycles. The normalized spacial score (nSPS) is 10.3. The molecule has 0 atom stereocenters. The molecule has 0 spiro atoms. The Bertz CT molecular complexity index is 935. The van der Waals surface area contributed by atoms with Gasteiger partial charge in [-0.15, -0.1) is 0 Å². The van der Waals surface area contributed by atoms with Crippen molar-refractivity contribution < 1.29 is 5.11 Å². The van der Waals surface area contributed by atoms with Crippen LogP contribution in [0.4, 0.5) is 17.5 Å². The summed E-state index contributed by atoms with van der Waals surface area (Å²) in [6.45, 7) is 0.900. The molecule has 0 aliphatic carbocycles. The maximum absolute atomic E-state index is 8.96. The minimum Gasteiger partial charge on any atom is -0.394 e. The molecule has 9 heteroatoms. The molecule has 0 amide bonds. The van der Waals surface area contributed by atoms with Crippen molar-refractivity contribution in [2.75, 3.05) is 17.2 Å². The number of halogens is 1. The number of aliphatic hydroxyl groups excluding tert-OH is 1. The Balaban J connectivity index is 1.69. The highest BCUT2D eigenvalue weighted by Gasteiger charge is 2.07. The summed E-state index contributed by atoms with van der Waals surface area (Å²) >= 11 is 6.16. The molecular weight excluding hydrogens is 354 g/mol. The van der Waals surface area contributed by atoms with Gasteiger partial charge in [0.25, 0.3) is 0 Å². The fraction of sp³-hybridized carbons (Fsp3) is 0.176. The lowest BCUT2D eigenvalue weighted by molar-refractivity contribution is 0.269. The highest BCUT2D eigenvalue weighted by Crippen LogP contribution is 2.22. The van der Waals surface area contributed by atoms with Crippen LogP contribution < -0.4 is 10.6 Å². The van der Waals surface area contributed by atoms with Crippen LogP contribution in [0.5, 0.6) is 0 Å². The van der Waals surface area contributed by atoms with Crippen LogP contribution >= 0.6 is 11.6 Å². The first-order valence-electron chi connectivity index (χ1n) is 7.83. The van der Waals surface area contributed by atoms with Crippen LogP contribution in [-0.4, -0.2) is 31.5 Å². The van der Waals surface area contributed by atoms with Gasteiger partial charge in [0, 0.05) is 12.7 Å². The summed E-state index contributed by atoms with van der Waals surface area (Å²) in [5.74, 6) is 0.848. The Morgan fingerprint density at radius 3 is 3.00 bits per heavy atom. The Morgan fingerprint density at radius 1 is 1.31 bits per heavy atom. The molecule has 8 nitrogen and oxygen atoms in total. The monoisotopic (exact) mass is 369 g/mol. The van der Waals surface area contributed by atoms with Crippen molar-refractivity contribution in [1.29, 1.82) is 5.26 Å². The minimum absolute atomic E-state index is 0.0135. The smallest absolute Gasteiger partial charge is 0.229 e. The van der Waals surface area contributed by atoms with Gasteiger partial charge in [-0.25, -0.2) is 4.98 Å². The zero-order valence-electron chi connectivity index (χ0n) is 13.7. The number of anilines is 3. The van der Waals surface area contributed by atoms with E-state index in [0.29, 0.717) is 41.1 Å². The van der Waals surface area contributed by atoms with E-state index in [1.807, 2.05) is 12.1 Å². The van der Waals surface area contributed by atoms with E-state index < -0.39 is 0 Å². The lowest BCUT2D eigenvalue weighted by Crippen LogP contribution is -2.05. The topological polar surface area (TPSA) is 112 Å². The van der Waals surface area contributed by atoms with Crippen molar-refractivity contribution in [3.8, 4) is 6.07 Å². The van der Waals surface area contributed by atoms with Gasteiger partial charge >= 0.3 is 0 Å². The Hall–Kier alpha value is -3.15. The summed E-state index contributed by atoms with van der Waals surface area (Å²) in [5, 5.41) is 28.6. The summed E-state index contributed by atoms with van der Waals surface area (Å²) in [5.41, 5.74) is 2.24. The molecular formula is C17H16ClN7O. The second kappa shape index (κ2) is 8.29. The molecule has 0 saturated heterocycles. The van der Waals surface area contributed by atoms with E-state index in [1.165, 1.54) is 6.20 Å². The molecule has 2 heterocycles. The maximum Gasteiger partial charge on any atom is 0.229 e. The van der Waals surface area contributed by atoms with Crippen molar-refractivity contribution in [2.45, 2.75) is 13.1 Å². The number of aromatic nitrogens is 4. The average Bonchev–Trinajstić information content (AvgIpc) is 3.09. The molecule has 2 aromatic heterocycles. The van der Waals surface area contributed by atoms with E-state index in [2.05, 4.69) is 31.8 Å². The molecule has 0 unspecified atom stereocenters. The lowest BCUT2D eigenvalue weighted by Gasteiger charge is -2.09. The molecule has 26 heavy (non-hydrogen) atoms. The van der Waals surface area contributed by atoms with Gasteiger partial charge in [0.2, 0.25) is 5.95 Å². The van der Waals surface area contributed by atoms with Gasteiger partial charge in [-0.05, 0) is 17.7 Å². The molecule has 3 rings (SSSR count). The molecule has 0 aliphatic heterocycles. The first-order valence-corrected chi connectivity index (χ1v) is 8.21. The third kappa shape index (κ3) is 4.47. The van der Waals surface area contributed by atoms with Crippen LogP contribution in [0.1, 0.15) is 11.1 Å². The van der Waals surface area contributed by atoms with Gasteiger partial charge in [-0.2, -0.15) is 15.3 Å². The largest absolute Gasteiger partial charge is 0.394 e. The molecule has 3 N–H and O–H groups in total.